The van der Waals surface area contributed by atoms with Gasteiger partial charge in [-0.2, -0.15) is 0 Å². The lowest BCUT2D eigenvalue weighted by Crippen LogP contribution is -2.82. The van der Waals surface area contributed by atoms with E-state index in [1.165, 1.54) is 32.1 Å². The maximum atomic E-state index is 13.0. The fourth-order valence-electron chi connectivity index (χ4n) is 4.94. The van der Waals surface area contributed by atoms with Crippen molar-refractivity contribution < 1.29 is 9.53 Å². The third kappa shape index (κ3) is 2.48. The minimum Gasteiger partial charge on any atom is -0.377 e. The lowest BCUT2D eigenvalue weighted by Gasteiger charge is -2.65. The molecule has 2 aliphatic carbocycles. The molecule has 2 saturated carbocycles. The number of carbonyl (C=O) groups is 1. The van der Waals surface area contributed by atoms with Gasteiger partial charge in [-0.25, -0.2) is 0 Å². The lowest BCUT2D eigenvalue weighted by atomic mass is 9.46. The van der Waals surface area contributed by atoms with E-state index in [0.717, 1.165) is 32.3 Å². The number of carbonyl (C=O) groups excluding carboxylic acids is 1. The van der Waals surface area contributed by atoms with E-state index in [9.17, 15) is 4.79 Å². The van der Waals surface area contributed by atoms with Crippen LogP contribution in [-0.2, 0) is 9.53 Å². The van der Waals surface area contributed by atoms with Crippen molar-refractivity contribution in [3.63, 3.8) is 0 Å². The minimum atomic E-state index is -0.763. The molecular formula is C18H32N2O2. The van der Waals surface area contributed by atoms with Gasteiger partial charge in [0.2, 0.25) is 5.91 Å². The molecule has 0 aromatic rings. The van der Waals surface area contributed by atoms with Crippen LogP contribution < -0.4 is 11.1 Å². The van der Waals surface area contributed by atoms with Gasteiger partial charge in [-0.05, 0) is 25.7 Å². The normalized spacial score (nSPS) is 39.0. The maximum absolute atomic E-state index is 13.0. The van der Waals surface area contributed by atoms with E-state index >= 15 is 0 Å². The Morgan fingerprint density at radius 2 is 1.68 bits per heavy atom. The number of hydrogen-bond donors (Lipinski definition) is 2. The molecule has 0 spiro atoms. The summed E-state index contributed by atoms with van der Waals surface area (Å²) in [7, 11) is 0. The molecule has 3 rings (SSSR count). The second kappa shape index (κ2) is 6.12. The van der Waals surface area contributed by atoms with Crippen molar-refractivity contribution >= 4 is 5.91 Å². The van der Waals surface area contributed by atoms with Crippen molar-refractivity contribution in [3.8, 4) is 0 Å². The highest BCUT2D eigenvalue weighted by Gasteiger charge is 2.70. The Labute approximate surface area is 134 Å². The fraction of sp³-hybridized carbons (Fsp3) is 0.944. The van der Waals surface area contributed by atoms with Gasteiger partial charge in [-0.1, -0.05) is 46.0 Å². The molecule has 1 saturated heterocycles. The van der Waals surface area contributed by atoms with E-state index in [1.807, 2.05) is 0 Å². The van der Waals surface area contributed by atoms with Crippen LogP contribution >= 0.6 is 0 Å². The van der Waals surface area contributed by atoms with Gasteiger partial charge in [0.15, 0.2) is 0 Å². The molecule has 1 heterocycles. The van der Waals surface area contributed by atoms with Crippen molar-refractivity contribution in [2.75, 3.05) is 6.61 Å². The van der Waals surface area contributed by atoms with E-state index in [-0.39, 0.29) is 23.3 Å². The molecule has 3 unspecified atom stereocenters. The summed E-state index contributed by atoms with van der Waals surface area (Å²) in [5, 5.41) is 3.30. The first-order valence-electron chi connectivity index (χ1n) is 9.19. The van der Waals surface area contributed by atoms with E-state index in [2.05, 4.69) is 19.2 Å². The molecule has 0 radical (unpaired) electrons. The fourth-order valence-corrected chi connectivity index (χ4v) is 4.94. The molecule has 0 aromatic heterocycles. The molecule has 0 aromatic carbocycles. The SMILES string of the molecule is CC1(C)C2OCCCC2C1(N)C(=O)NC1CCCCCCC1. The second-order valence-electron chi connectivity index (χ2n) is 8.15. The summed E-state index contributed by atoms with van der Waals surface area (Å²) in [5.74, 6) is 0.250. The van der Waals surface area contributed by atoms with Crippen molar-refractivity contribution in [3.05, 3.63) is 0 Å². The number of fused-ring (bicyclic) bond motifs is 1. The number of rotatable bonds is 2. The molecule has 1 amide bonds. The van der Waals surface area contributed by atoms with Gasteiger partial charge in [0.05, 0.1) is 6.10 Å². The van der Waals surface area contributed by atoms with Crippen LogP contribution in [0.2, 0.25) is 0 Å². The average Bonchev–Trinajstić information content (AvgIpc) is 2.48. The van der Waals surface area contributed by atoms with Crippen LogP contribution in [0.3, 0.4) is 0 Å². The van der Waals surface area contributed by atoms with Crippen LogP contribution in [-0.4, -0.2) is 30.2 Å². The van der Waals surface area contributed by atoms with E-state index in [4.69, 9.17) is 10.5 Å². The Morgan fingerprint density at radius 1 is 1.05 bits per heavy atom. The van der Waals surface area contributed by atoms with Gasteiger partial charge in [-0.3, -0.25) is 4.79 Å². The second-order valence-corrected chi connectivity index (χ2v) is 8.15. The van der Waals surface area contributed by atoms with Gasteiger partial charge in [0.1, 0.15) is 5.54 Å². The van der Waals surface area contributed by atoms with Crippen LogP contribution in [0.1, 0.15) is 71.6 Å². The van der Waals surface area contributed by atoms with E-state index in [0.29, 0.717) is 6.04 Å². The Kier molecular flexibility index (Phi) is 4.52. The highest BCUT2D eigenvalue weighted by molar-refractivity contribution is 5.89. The number of hydrogen-bond acceptors (Lipinski definition) is 3. The lowest BCUT2D eigenvalue weighted by molar-refractivity contribution is -0.225. The standard InChI is InChI=1S/C18H32N2O2/c1-17(2)15-14(11-8-12-22-15)18(17,19)16(21)20-13-9-6-4-3-5-7-10-13/h13-15H,3-12,19H2,1-2H3,(H,20,21). The van der Waals surface area contributed by atoms with Crippen molar-refractivity contribution in [1.82, 2.24) is 5.32 Å². The van der Waals surface area contributed by atoms with Crippen molar-refractivity contribution in [1.29, 1.82) is 0 Å². The third-order valence-electron chi connectivity index (χ3n) is 6.50. The Hall–Kier alpha value is -0.610. The summed E-state index contributed by atoms with van der Waals surface area (Å²) in [4.78, 5) is 13.0. The van der Waals surface area contributed by atoms with E-state index < -0.39 is 5.54 Å². The zero-order valence-electron chi connectivity index (χ0n) is 14.2. The number of ether oxygens (including phenoxy) is 1. The number of nitrogens with one attached hydrogen (secondary N) is 1. The summed E-state index contributed by atoms with van der Waals surface area (Å²) < 4.78 is 5.90. The molecule has 0 bridgehead atoms. The number of nitrogens with two attached hydrogens (primary N) is 1. The Balaban J connectivity index is 1.67. The maximum Gasteiger partial charge on any atom is 0.241 e. The van der Waals surface area contributed by atoms with Gasteiger partial charge in [0.25, 0.3) is 0 Å². The first kappa shape index (κ1) is 16.3. The minimum absolute atomic E-state index is 0.0647. The van der Waals surface area contributed by atoms with Gasteiger partial charge < -0.3 is 15.8 Å². The first-order valence-corrected chi connectivity index (χ1v) is 9.19. The molecular weight excluding hydrogens is 276 g/mol. The average molecular weight is 308 g/mol. The third-order valence-corrected chi connectivity index (χ3v) is 6.50. The molecule has 3 atom stereocenters. The topological polar surface area (TPSA) is 64.3 Å². The molecule has 4 nitrogen and oxygen atoms in total. The van der Waals surface area contributed by atoms with E-state index in [1.54, 1.807) is 0 Å². The molecule has 1 aliphatic heterocycles. The molecule has 3 N–H and O–H groups in total. The van der Waals surface area contributed by atoms with Crippen molar-refractivity contribution in [2.24, 2.45) is 17.1 Å². The van der Waals surface area contributed by atoms with Gasteiger partial charge in [-0.15, -0.1) is 0 Å². The zero-order valence-corrected chi connectivity index (χ0v) is 14.2. The summed E-state index contributed by atoms with van der Waals surface area (Å²) in [6.45, 7) is 5.00. The number of amides is 1. The molecule has 3 fully saturated rings. The van der Waals surface area contributed by atoms with Crippen LogP contribution in [0.5, 0.6) is 0 Å². The van der Waals surface area contributed by atoms with Gasteiger partial charge in [0, 0.05) is 24.0 Å². The van der Waals surface area contributed by atoms with Crippen LogP contribution in [0, 0.1) is 11.3 Å². The smallest absolute Gasteiger partial charge is 0.241 e. The molecule has 126 valence electrons. The zero-order chi connectivity index (χ0) is 15.8. The highest BCUT2D eigenvalue weighted by Crippen LogP contribution is 2.57. The predicted octanol–water partition coefficient (Wildman–Crippen LogP) is 2.75. The van der Waals surface area contributed by atoms with Crippen LogP contribution in [0.15, 0.2) is 0 Å². The first-order chi connectivity index (χ1) is 10.5. The summed E-state index contributed by atoms with van der Waals surface area (Å²) in [6.07, 6.45) is 10.8. The van der Waals surface area contributed by atoms with Crippen molar-refractivity contribution in [2.45, 2.75) is 89.3 Å². The summed E-state index contributed by atoms with van der Waals surface area (Å²) in [6, 6.07) is 0.313. The molecule has 3 aliphatic rings. The Morgan fingerprint density at radius 3 is 2.36 bits per heavy atom. The van der Waals surface area contributed by atoms with Crippen LogP contribution in [0.4, 0.5) is 0 Å². The quantitative estimate of drug-likeness (QED) is 0.824. The summed E-state index contributed by atoms with van der Waals surface area (Å²) >= 11 is 0. The predicted molar refractivity (Wildman–Crippen MR) is 87.4 cm³/mol. The Bertz CT molecular complexity index is 415. The monoisotopic (exact) mass is 308 g/mol. The summed E-state index contributed by atoms with van der Waals surface area (Å²) in [5.41, 5.74) is 5.64. The largest absolute Gasteiger partial charge is 0.377 e. The molecule has 22 heavy (non-hydrogen) atoms. The molecule has 4 heteroatoms. The highest BCUT2D eigenvalue weighted by atomic mass is 16.5. The van der Waals surface area contributed by atoms with Crippen LogP contribution in [0.25, 0.3) is 0 Å². The van der Waals surface area contributed by atoms with Gasteiger partial charge >= 0.3 is 0 Å².